The third kappa shape index (κ3) is 3.99. The monoisotopic (exact) mass is 298 g/mol. The number of hydrogen-bond donors (Lipinski definition) is 0. The molecule has 0 aliphatic heterocycles. The number of ether oxygens (including phenoxy) is 1. The van der Waals surface area contributed by atoms with Crippen molar-refractivity contribution in [2.45, 2.75) is 12.2 Å². The van der Waals surface area contributed by atoms with E-state index in [2.05, 4.69) is 6.58 Å². The zero-order valence-electron chi connectivity index (χ0n) is 11.2. The smallest absolute Gasteiger partial charge is 0.471 e. The van der Waals surface area contributed by atoms with E-state index < -0.39 is 18.1 Å². The SMILES string of the molecule is C=CCN(C(=O)C(F)(F)F)[C@@H](C#N)c1ccc(OC)cc1. The number of alkyl halides is 3. The fourth-order valence-electron chi connectivity index (χ4n) is 1.72. The highest BCUT2D eigenvalue weighted by molar-refractivity contribution is 5.82. The molecule has 21 heavy (non-hydrogen) atoms. The molecule has 1 aromatic carbocycles. The number of carbonyl (C=O) groups is 1. The van der Waals surface area contributed by atoms with E-state index in [1.54, 1.807) is 6.07 Å². The molecular weight excluding hydrogens is 285 g/mol. The summed E-state index contributed by atoms with van der Waals surface area (Å²) in [5.74, 6) is -1.59. The molecule has 0 bridgehead atoms. The molecule has 0 aliphatic rings. The highest BCUT2D eigenvalue weighted by atomic mass is 19.4. The molecule has 0 unspecified atom stereocenters. The van der Waals surface area contributed by atoms with Gasteiger partial charge in [-0.15, -0.1) is 6.58 Å². The summed E-state index contributed by atoms with van der Waals surface area (Å²) in [6, 6.07) is 6.23. The van der Waals surface area contributed by atoms with Crippen LogP contribution in [0, 0.1) is 11.3 Å². The summed E-state index contributed by atoms with van der Waals surface area (Å²) in [6.45, 7) is 2.93. The average Bonchev–Trinajstić information content (AvgIpc) is 2.46. The molecule has 0 N–H and O–H groups in total. The van der Waals surface area contributed by atoms with E-state index in [9.17, 15) is 18.0 Å². The summed E-state index contributed by atoms with van der Waals surface area (Å²) in [4.78, 5) is 11.9. The van der Waals surface area contributed by atoms with Gasteiger partial charge in [0, 0.05) is 6.54 Å². The van der Waals surface area contributed by atoms with Gasteiger partial charge in [0.1, 0.15) is 11.8 Å². The first-order chi connectivity index (χ1) is 9.85. The first kappa shape index (κ1) is 16.6. The Kier molecular flexibility index (Phi) is 5.36. The number of nitrogens with zero attached hydrogens (tertiary/aromatic N) is 2. The van der Waals surface area contributed by atoms with Gasteiger partial charge >= 0.3 is 12.1 Å². The Labute approximate surface area is 120 Å². The molecule has 0 aliphatic carbocycles. The van der Waals surface area contributed by atoms with E-state index in [1.807, 2.05) is 0 Å². The van der Waals surface area contributed by atoms with Crippen LogP contribution in [0.4, 0.5) is 13.2 Å². The van der Waals surface area contributed by atoms with E-state index in [4.69, 9.17) is 10.00 Å². The lowest BCUT2D eigenvalue weighted by Gasteiger charge is -2.27. The van der Waals surface area contributed by atoms with Crippen molar-refractivity contribution in [1.82, 2.24) is 4.90 Å². The van der Waals surface area contributed by atoms with Crippen molar-refractivity contribution < 1.29 is 22.7 Å². The molecule has 0 saturated carbocycles. The number of amides is 1. The summed E-state index contributed by atoms with van der Waals surface area (Å²) in [5, 5.41) is 9.14. The topological polar surface area (TPSA) is 53.3 Å². The molecule has 0 radical (unpaired) electrons. The van der Waals surface area contributed by atoms with Gasteiger partial charge in [0.25, 0.3) is 0 Å². The molecule has 1 atom stereocenters. The van der Waals surface area contributed by atoms with Gasteiger partial charge in [0.15, 0.2) is 0 Å². The molecule has 0 saturated heterocycles. The van der Waals surface area contributed by atoms with E-state index in [-0.39, 0.29) is 12.1 Å². The van der Waals surface area contributed by atoms with Gasteiger partial charge in [-0.3, -0.25) is 4.79 Å². The van der Waals surface area contributed by atoms with Crippen LogP contribution >= 0.6 is 0 Å². The van der Waals surface area contributed by atoms with Crippen molar-refractivity contribution in [3.8, 4) is 11.8 Å². The van der Waals surface area contributed by atoms with Gasteiger partial charge in [-0.05, 0) is 17.7 Å². The molecule has 0 heterocycles. The molecule has 0 fully saturated rings. The lowest BCUT2D eigenvalue weighted by Crippen LogP contribution is -2.43. The molecule has 1 amide bonds. The Balaban J connectivity index is 3.15. The molecule has 1 aromatic rings. The normalized spacial score (nSPS) is 12.1. The van der Waals surface area contributed by atoms with Gasteiger partial charge in [0.2, 0.25) is 0 Å². The van der Waals surface area contributed by atoms with Crippen LogP contribution in [-0.4, -0.2) is 30.6 Å². The third-order valence-corrected chi connectivity index (χ3v) is 2.69. The maximum atomic E-state index is 12.6. The van der Waals surface area contributed by atoms with Crippen LogP contribution in [0.1, 0.15) is 11.6 Å². The van der Waals surface area contributed by atoms with Crippen LogP contribution in [0.2, 0.25) is 0 Å². The number of carbonyl (C=O) groups excluding carboxylic acids is 1. The van der Waals surface area contributed by atoms with E-state index >= 15 is 0 Å². The maximum Gasteiger partial charge on any atom is 0.471 e. The average molecular weight is 298 g/mol. The highest BCUT2D eigenvalue weighted by Crippen LogP contribution is 2.27. The van der Waals surface area contributed by atoms with Crippen molar-refractivity contribution in [2.24, 2.45) is 0 Å². The van der Waals surface area contributed by atoms with Crippen LogP contribution in [-0.2, 0) is 4.79 Å². The predicted octanol–water partition coefficient (Wildman–Crippen LogP) is 2.84. The number of halogens is 3. The van der Waals surface area contributed by atoms with Gasteiger partial charge < -0.3 is 9.64 Å². The van der Waals surface area contributed by atoms with Crippen LogP contribution < -0.4 is 4.74 Å². The Morgan fingerprint density at radius 1 is 1.48 bits per heavy atom. The van der Waals surface area contributed by atoms with E-state index in [0.717, 1.165) is 6.08 Å². The first-order valence-corrected chi connectivity index (χ1v) is 5.87. The molecule has 0 aromatic heterocycles. The van der Waals surface area contributed by atoms with E-state index in [1.165, 1.54) is 31.4 Å². The summed E-state index contributed by atoms with van der Waals surface area (Å²) >= 11 is 0. The number of benzene rings is 1. The largest absolute Gasteiger partial charge is 0.497 e. The standard InChI is InChI=1S/C14H13F3N2O2/c1-3-8-19(13(20)14(15,16)17)12(9-18)10-4-6-11(21-2)7-5-10/h3-7,12H,1,8H2,2H3/t12-/m0/s1. The predicted molar refractivity (Wildman–Crippen MR) is 69.3 cm³/mol. The lowest BCUT2D eigenvalue weighted by molar-refractivity contribution is -0.186. The number of hydrogen-bond acceptors (Lipinski definition) is 3. The van der Waals surface area contributed by atoms with E-state index in [0.29, 0.717) is 10.6 Å². The molecule has 112 valence electrons. The Bertz CT molecular complexity index is 547. The van der Waals surface area contributed by atoms with Gasteiger partial charge in [-0.1, -0.05) is 18.2 Å². The fraction of sp³-hybridized carbons (Fsp3) is 0.286. The van der Waals surface area contributed by atoms with Crippen molar-refractivity contribution in [2.75, 3.05) is 13.7 Å². The zero-order valence-corrected chi connectivity index (χ0v) is 11.2. The second-order valence-corrected chi connectivity index (χ2v) is 4.05. The number of methoxy groups -OCH3 is 1. The summed E-state index contributed by atoms with van der Waals surface area (Å²) in [6.07, 6.45) is -3.91. The molecule has 0 spiro atoms. The number of nitriles is 1. The summed E-state index contributed by atoms with van der Waals surface area (Å²) in [7, 11) is 1.44. The minimum Gasteiger partial charge on any atom is -0.497 e. The maximum absolute atomic E-state index is 12.6. The fourth-order valence-corrected chi connectivity index (χ4v) is 1.72. The number of rotatable bonds is 5. The molecular formula is C14H13F3N2O2. The summed E-state index contributed by atoms with van der Waals surface area (Å²) in [5.41, 5.74) is 0.262. The Morgan fingerprint density at radius 3 is 2.43 bits per heavy atom. The minimum absolute atomic E-state index is 0.262. The van der Waals surface area contributed by atoms with Crippen LogP contribution in [0.5, 0.6) is 5.75 Å². The molecule has 4 nitrogen and oxygen atoms in total. The van der Waals surface area contributed by atoms with Crippen molar-refractivity contribution >= 4 is 5.91 Å². The third-order valence-electron chi connectivity index (χ3n) is 2.69. The lowest BCUT2D eigenvalue weighted by atomic mass is 10.1. The summed E-state index contributed by atoms with van der Waals surface area (Å²) < 4.78 is 42.7. The Morgan fingerprint density at radius 2 is 2.05 bits per heavy atom. The minimum atomic E-state index is -5.05. The Hall–Kier alpha value is -2.49. The second kappa shape index (κ2) is 6.79. The zero-order chi connectivity index (χ0) is 16.0. The van der Waals surface area contributed by atoms with Crippen molar-refractivity contribution in [3.63, 3.8) is 0 Å². The van der Waals surface area contributed by atoms with Crippen LogP contribution in [0.3, 0.4) is 0 Å². The van der Waals surface area contributed by atoms with Crippen LogP contribution in [0.15, 0.2) is 36.9 Å². The molecule has 1 rings (SSSR count). The first-order valence-electron chi connectivity index (χ1n) is 5.87. The highest BCUT2D eigenvalue weighted by Gasteiger charge is 2.44. The van der Waals surface area contributed by atoms with Gasteiger partial charge in [0.05, 0.1) is 13.2 Å². The van der Waals surface area contributed by atoms with Gasteiger partial charge in [-0.25, -0.2) is 0 Å². The van der Waals surface area contributed by atoms with Crippen molar-refractivity contribution in [1.29, 1.82) is 5.26 Å². The molecule has 7 heteroatoms. The van der Waals surface area contributed by atoms with Crippen molar-refractivity contribution in [3.05, 3.63) is 42.5 Å². The quantitative estimate of drug-likeness (QED) is 0.785. The van der Waals surface area contributed by atoms with Crippen LogP contribution in [0.25, 0.3) is 0 Å². The van der Waals surface area contributed by atoms with Gasteiger partial charge in [-0.2, -0.15) is 18.4 Å². The second-order valence-electron chi connectivity index (χ2n) is 4.05.